The van der Waals surface area contributed by atoms with Crippen LogP contribution in [0.2, 0.25) is 0 Å². The van der Waals surface area contributed by atoms with E-state index in [4.69, 9.17) is 0 Å². The van der Waals surface area contributed by atoms with Gasteiger partial charge in [-0.25, -0.2) is 0 Å². The molecule has 5 aliphatic rings. The Labute approximate surface area is 206 Å². The maximum Gasteiger partial charge on any atom is 0.309 e. The normalized spacial score (nSPS) is 57.1. The van der Waals surface area contributed by atoms with Gasteiger partial charge in [0.2, 0.25) is 0 Å². The Balaban J connectivity index is 1.55. The lowest BCUT2D eigenvalue weighted by atomic mass is 9.30. The summed E-state index contributed by atoms with van der Waals surface area (Å²) in [5.74, 6) is 1.11. The first-order valence-corrected chi connectivity index (χ1v) is 14.1. The van der Waals surface area contributed by atoms with Crippen LogP contribution in [0.3, 0.4) is 0 Å². The predicted molar refractivity (Wildman–Crippen MR) is 133 cm³/mol. The zero-order chi connectivity index (χ0) is 24.9. The van der Waals surface area contributed by atoms with E-state index in [0.717, 1.165) is 51.4 Å². The summed E-state index contributed by atoms with van der Waals surface area (Å²) in [5, 5.41) is 20.8. The molecule has 4 heteroatoms. The Hall–Kier alpha value is -0.900. The molecular weight excluding hydrogens is 424 g/mol. The number of carbonyl (C=O) groups excluding carboxylic acids is 1. The lowest BCUT2D eigenvalue weighted by molar-refractivity contribution is -0.262. The fourth-order valence-corrected chi connectivity index (χ4v) is 11.3. The molecule has 5 fully saturated rings. The van der Waals surface area contributed by atoms with Crippen molar-refractivity contribution in [1.82, 2.24) is 0 Å². The van der Waals surface area contributed by atoms with E-state index in [2.05, 4.69) is 34.6 Å². The van der Waals surface area contributed by atoms with Crippen molar-refractivity contribution in [2.45, 2.75) is 112 Å². The molecule has 0 aromatic carbocycles. The van der Waals surface area contributed by atoms with Crippen LogP contribution in [0.1, 0.15) is 112 Å². The van der Waals surface area contributed by atoms with Crippen LogP contribution in [0.25, 0.3) is 0 Å². The minimum atomic E-state index is -0.614. The molecule has 34 heavy (non-hydrogen) atoms. The summed E-state index contributed by atoms with van der Waals surface area (Å²) in [6, 6.07) is 0. The topological polar surface area (TPSA) is 74.6 Å². The molecule has 0 aliphatic heterocycles. The van der Waals surface area contributed by atoms with Gasteiger partial charge < -0.3 is 10.2 Å². The smallest absolute Gasteiger partial charge is 0.309 e. The number of carboxylic acids is 1. The summed E-state index contributed by atoms with van der Waals surface area (Å²) in [4.78, 5) is 25.1. The molecule has 10 atom stereocenters. The van der Waals surface area contributed by atoms with Crippen molar-refractivity contribution in [1.29, 1.82) is 0 Å². The first-order valence-electron chi connectivity index (χ1n) is 14.1. The number of aliphatic carboxylic acids is 1. The fourth-order valence-electron chi connectivity index (χ4n) is 11.3. The number of hydrogen-bond acceptors (Lipinski definition) is 3. The van der Waals surface area contributed by atoms with Crippen molar-refractivity contribution < 1.29 is 19.8 Å². The summed E-state index contributed by atoms with van der Waals surface area (Å²) in [5.41, 5.74) is -0.163. The molecule has 0 bridgehead atoms. The minimum absolute atomic E-state index is 0.0422. The molecule has 192 valence electrons. The molecule has 2 N–H and O–H groups in total. The lowest BCUT2D eigenvalue weighted by Crippen LogP contribution is -2.68. The van der Waals surface area contributed by atoms with Crippen LogP contribution in [0.15, 0.2) is 0 Å². The minimum Gasteiger partial charge on any atom is -0.481 e. The summed E-state index contributed by atoms with van der Waals surface area (Å²) in [6.07, 6.45) is 11.0. The highest BCUT2D eigenvalue weighted by molar-refractivity contribution is 5.82. The van der Waals surface area contributed by atoms with Gasteiger partial charge in [-0.15, -0.1) is 0 Å². The van der Waals surface area contributed by atoms with Gasteiger partial charge in [-0.05, 0) is 111 Å². The van der Waals surface area contributed by atoms with Gasteiger partial charge >= 0.3 is 5.97 Å². The van der Waals surface area contributed by atoms with Crippen LogP contribution < -0.4 is 0 Å². The Morgan fingerprint density at radius 3 is 2.12 bits per heavy atom. The third-order valence-corrected chi connectivity index (χ3v) is 14.0. The van der Waals surface area contributed by atoms with Crippen molar-refractivity contribution in [2.24, 2.45) is 56.2 Å². The van der Waals surface area contributed by atoms with Crippen molar-refractivity contribution in [3.63, 3.8) is 0 Å². The Morgan fingerprint density at radius 2 is 1.47 bits per heavy atom. The maximum absolute atomic E-state index is 12.8. The highest BCUT2D eigenvalue weighted by atomic mass is 16.4. The standard InChI is InChI=1S/C30H48O4/c1-19-20(32)7-8-22-27(4)14-16-29(6)23-17-26(3,24(33)34)12-11-25(23,2)13-15-28(29,5)21(27)9-10-30(19,22)18-31/h19,21-23,31H,7-18H2,1-6H3,(H,33,34)/t19-,21?,22?,23?,25+,26+,27+,28+,29-,30-/m0/s1. The number of aliphatic hydroxyl groups is 1. The number of aliphatic hydroxyl groups excluding tert-OH is 1. The van der Waals surface area contributed by atoms with Gasteiger partial charge in [0, 0.05) is 24.4 Å². The monoisotopic (exact) mass is 472 g/mol. The number of ketones is 1. The van der Waals surface area contributed by atoms with E-state index in [-0.39, 0.29) is 39.6 Å². The molecular formula is C30H48O4. The number of fused-ring (bicyclic) bond motifs is 7. The van der Waals surface area contributed by atoms with E-state index in [0.29, 0.717) is 30.0 Å². The fraction of sp³-hybridized carbons (Fsp3) is 0.933. The summed E-state index contributed by atoms with van der Waals surface area (Å²) >= 11 is 0. The van der Waals surface area contributed by atoms with Gasteiger partial charge in [-0.3, -0.25) is 9.59 Å². The second-order valence-electron chi connectivity index (χ2n) is 14.9. The highest BCUT2D eigenvalue weighted by Gasteiger charge is 2.71. The Kier molecular flexibility index (Phi) is 5.34. The maximum atomic E-state index is 12.8. The van der Waals surface area contributed by atoms with Crippen molar-refractivity contribution in [3.05, 3.63) is 0 Å². The number of carboxylic acid groups (broad SMARTS) is 1. The average molecular weight is 473 g/mol. The van der Waals surface area contributed by atoms with Gasteiger partial charge in [-0.2, -0.15) is 0 Å². The van der Waals surface area contributed by atoms with E-state index >= 15 is 0 Å². The number of hydrogen-bond donors (Lipinski definition) is 2. The number of Topliss-reactive ketones (excluding diaryl/α,β-unsaturated/α-hetero) is 1. The number of rotatable bonds is 2. The third kappa shape index (κ3) is 2.81. The predicted octanol–water partition coefficient (Wildman–Crippen LogP) is 6.49. The zero-order valence-corrected chi connectivity index (χ0v) is 22.5. The van der Waals surface area contributed by atoms with E-state index in [1.807, 2.05) is 6.92 Å². The molecule has 4 nitrogen and oxygen atoms in total. The highest BCUT2D eigenvalue weighted by Crippen LogP contribution is 2.78. The van der Waals surface area contributed by atoms with E-state index in [9.17, 15) is 19.8 Å². The van der Waals surface area contributed by atoms with Crippen LogP contribution in [-0.4, -0.2) is 28.6 Å². The van der Waals surface area contributed by atoms with Gasteiger partial charge in [0.1, 0.15) is 5.78 Å². The van der Waals surface area contributed by atoms with Gasteiger partial charge in [0.05, 0.1) is 5.41 Å². The van der Waals surface area contributed by atoms with Crippen LogP contribution in [0.5, 0.6) is 0 Å². The molecule has 0 spiro atoms. The summed E-state index contributed by atoms with van der Waals surface area (Å²) < 4.78 is 0. The van der Waals surface area contributed by atoms with Crippen LogP contribution in [0.4, 0.5) is 0 Å². The molecule has 5 rings (SSSR count). The largest absolute Gasteiger partial charge is 0.481 e. The van der Waals surface area contributed by atoms with Gasteiger partial charge in [0.25, 0.3) is 0 Å². The molecule has 5 saturated carbocycles. The quantitative estimate of drug-likeness (QED) is 0.481. The molecule has 0 aromatic heterocycles. The SMILES string of the molecule is C[C@H]1C(=O)CCC2[C@]3(C)CC[C@@]4(C)C5C[C@](C)(C(=O)O)CC[C@]5(C)CC[C@]4(C)C3CC[C@@]21CO. The Bertz CT molecular complexity index is 898. The molecule has 0 radical (unpaired) electrons. The molecule has 0 amide bonds. The second kappa shape index (κ2) is 7.33. The molecule has 3 unspecified atom stereocenters. The van der Waals surface area contributed by atoms with Crippen LogP contribution in [0, 0.1) is 56.2 Å². The molecule has 0 heterocycles. The van der Waals surface area contributed by atoms with E-state index in [1.165, 1.54) is 12.8 Å². The zero-order valence-electron chi connectivity index (χ0n) is 22.5. The third-order valence-electron chi connectivity index (χ3n) is 14.0. The van der Waals surface area contributed by atoms with Crippen LogP contribution >= 0.6 is 0 Å². The number of carbonyl (C=O) groups is 2. The molecule has 5 aliphatic carbocycles. The molecule has 0 aromatic rings. The second-order valence-corrected chi connectivity index (χ2v) is 14.9. The molecule has 0 saturated heterocycles. The lowest BCUT2D eigenvalue weighted by Gasteiger charge is -2.74. The Morgan fingerprint density at radius 1 is 0.853 bits per heavy atom. The van der Waals surface area contributed by atoms with Crippen LogP contribution in [-0.2, 0) is 9.59 Å². The van der Waals surface area contributed by atoms with Gasteiger partial charge in [-0.1, -0.05) is 34.6 Å². The van der Waals surface area contributed by atoms with Crippen molar-refractivity contribution >= 4 is 11.8 Å². The average Bonchev–Trinajstić information content (AvgIpc) is 2.79. The van der Waals surface area contributed by atoms with E-state index < -0.39 is 11.4 Å². The van der Waals surface area contributed by atoms with Gasteiger partial charge in [0.15, 0.2) is 0 Å². The van der Waals surface area contributed by atoms with Crippen molar-refractivity contribution in [3.8, 4) is 0 Å². The summed E-state index contributed by atoms with van der Waals surface area (Å²) in [7, 11) is 0. The first kappa shape index (κ1) is 24.8. The first-order chi connectivity index (χ1) is 15.7. The van der Waals surface area contributed by atoms with E-state index in [1.54, 1.807) is 0 Å². The van der Waals surface area contributed by atoms with Crippen molar-refractivity contribution in [2.75, 3.05) is 6.61 Å². The summed E-state index contributed by atoms with van der Waals surface area (Å²) in [6.45, 7) is 14.3.